The molecule has 3 aromatic carbocycles. The van der Waals surface area contributed by atoms with Crippen molar-refractivity contribution in [2.24, 2.45) is 0 Å². The molecule has 0 unspecified atom stereocenters. The van der Waals surface area contributed by atoms with E-state index in [2.05, 4.69) is 4.90 Å². The van der Waals surface area contributed by atoms with E-state index in [1.54, 1.807) is 21.9 Å². The predicted molar refractivity (Wildman–Crippen MR) is 148 cm³/mol. The molecular weight excluding hydrogens is 500 g/mol. The number of likely N-dealkylation sites (N-methyl/N-ethyl adjacent to an activating group) is 1. The van der Waals surface area contributed by atoms with Crippen LogP contribution >= 0.6 is 0 Å². The van der Waals surface area contributed by atoms with E-state index in [-0.39, 0.29) is 36.3 Å². The van der Waals surface area contributed by atoms with Crippen LogP contribution in [0.5, 0.6) is 0 Å². The average molecular weight is 535 g/mol. The molecule has 2 saturated heterocycles. The van der Waals surface area contributed by atoms with Gasteiger partial charge in [-0.1, -0.05) is 54.6 Å². The molecule has 0 aliphatic carbocycles. The Balaban J connectivity index is 1.43. The van der Waals surface area contributed by atoms with Crippen molar-refractivity contribution in [2.45, 2.75) is 37.1 Å². The summed E-state index contributed by atoms with van der Waals surface area (Å²) in [6, 6.07) is 22.5. The minimum absolute atomic E-state index is 0.0175. The van der Waals surface area contributed by atoms with Gasteiger partial charge >= 0.3 is 0 Å². The van der Waals surface area contributed by atoms with Crippen LogP contribution in [0.3, 0.4) is 0 Å². The Morgan fingerprint density at radius 2 is 1.53 bits per heavy atom. The third-order valence-electron chi connectivity index (χ3n) is 7.94. The van der Waals surface area contributed by atoms with Gasteiger partial charge in [0, 0.05) is 37.3 Å². The fourth-order valence-corrected chi connectivity index (χ4v) is 7.47. The summed E-state index contributed by atoms with van der Waals surface area (Å²) in [5.74, 6) is -0.187. The Labute approximate surface area is 224 Å². The van der Waals surface area contributed by atoms with E-state index >= 15 is 0 Å². The molecule has 2 fully saturated rings. The van der Waals surface area contributed by atoms with Gasteiger partial charge in [-0.25, -0.2) is 8.42 Å². The molecule has 0 radical (unpaired) electrons. The molecule has 0 N–H and O–H groups in total. The topological polar surface area (TPSA) is 81.2 Å². The molecule has 9 heteroatoms. The van der Waals surface area contributed by atoms with E-state index in [1.807, 2.05) is 74.5 Å². The van der Waals surface area contributed by atoms with E-state index in [0.717, 1.165) is 11.1 Å². The lowest BCUT2D eigenvalue weighted by Crippen LogP contribution is -2.57. The van der Waals surface area contributed by atoms with Crippen LogP contribution < -0.4 is 4.90 Å². The first kappa shape index (κ1) is 26.2. The van der Waals surface area contributed by atoms with Crippen LogP contribution in [0.1, 0.15) is 26.7 Å². The lowest BCUT2D eigenvalue weighted by molar-refractivity contribution is -0.140. The maximum Gasteiger partial charge on any atom is 0.250 e. The summed E-state index contributed by atoms with van der Waals surface area (Å²) in [4.78, 5) is 32.5. The van der Waals surface area contributed by atoms with Gasteiger partial charge in [0.2, 0.25) is 21.8 Å². The van der Waals surface area contributed by atoms with Crippen molar-refractivity contribution in [3.05, 3.63) is 72.8 Å². The summed E-state index contributed by atoms with van der Waals surface area (Å²) in [5.41, 5.74) is -0.000595. The van der Waals surface area contributed by atoms with E-state index in [1.165, 1.54) is 4.31 Å². The number of hydrogen-bond donors (Lipinski definition) is 0. The Bertz CT molecular complexity index is 1430. The number of carbonyl (C=O) groups is 2. The second kappa shape index (κ2) is 10.4. The van der Waals surface area contributed by atoms with Crippen molar-refractivity contribution in [1.82, 2.24) is 14.1 Å². The number of piperidine rings is 1. The Morgan fingerprint density at radius 1 is 0.895 bits per heavy atom. The van der Waals surface area contributed by atoms with Crippen molar-refractivity contribution in [3.63, 3.8) is 0 Å². The maximum atomic E-state index is 13.9. The van der Waals surface area contributed by atoms with Gasteiger partial charge in [0.1, 0.15) is 12.1 Å². The highest BCUT2D eigenvalue weighted by atomic mass is 32.2. The largest absolute Gasteiger partial charge is 0.342 e. The zero-order valence-electron chi connectivity index (χ0n) is 21.9. The maximum absolute atomic E-state index is 13.9. The molecule has 38 heavy (non-hydrogen) atoms. The molecule has 1 spiro atoms. The fraction of sp³-hybridized carbons (Fsp3) is 0.379. The van der Waals surface area contributed by atoms with Gasteiger partial charge in [0.15, 0.2) is 0 Å². The van der Waals surface area contributed by atoms with Gasteiger partial charge in [-0.05, 0) is 50.3 Å². The highest BCUT2D eigenvalue weighted by Crippen LogP contribution is 2.41. The smallest absolute Gasteiger partial charge is 0.250 e. The number of anilines is 1. The number of hydrogen-bond acceptors (Lipinski definition) is 5. The first-order chi connectivity index (χ1) is 18.3. The Kier molecular flexibility index (Phi) is 7.15. The second-order valence-corrected chi connectivity index (χ2v) is 11.8. The fourth-order valence-electron chi connectivity index (χ4n) is 5.82. The number of benzene rings is 3. The Hall–Kier alpha value is -3.43. The van der Waals surface area contributed by atoms with Crippen molar-refractivity contribution < 1.29 is 18.0 Å². The van der Waals surface area contributed by atoms with Crippen molar-refractivity contribution >= 4 is 38.3 Å². The number of nitrogens with zero attached hydrogens (tertiary/aromatic N) is 4. The van der Waals surface area contributed by atoms with Gasteiger partial charge in [0.05, 0.1) is 11.6 Å². The van der Waals surface area contributed by atoms with Crippen molar-refractivity contribution in [1.29, 1.82) is 0 Å². The molecule has 2 aliphatic rings. The third-order valence-corrected chi connectivity index (χ3v) is 9.90. The molecule has 0 saturated carbocycles. The van der Waals surface area contributed by atoms with Crippen LogP contribution in [0.25, 0.3) is 10.8 Å². The molecule has 3 aromatic rings. The number of rotatable bonds is 7. The molecule has 2 aliphatic heterocycles. The zero-order chi connectivity index (χ0) is 26.9. The molecule has 5 rings (SSSR count). The molecule has 200 valence electrons. The zero-order valence-corrected chi connectivity index (χ0v) is 22.7. The molecule has 0 bridgehead atoms. The summed E-state index contributed by atoms with van der Waals surface area (Å²) < 4.78 is 29.0. The molecular formula is C29H34N4O4S. The van der Waals surface area contributed by atoms with Gasteiger partial charge in [0.25, 0.3) is 0 Å². The molecule has 8 nitrogen and oxygen atoms in total. The van der Waals surface area contributed by atoms with Gasteiger partial charge < -0.3 is 14.7 Å². The minimum atomic E-state index is -3.76. The highest BCUT2D eigenvalue weighted by Gasteiger charge is 2.55. The number of sulfonamides is 1. The number of carbonyl (C=O) groups excluding carboxylic acids is 2. The van der Waals surface area contributed by atoms with Gasteiger partial charge in [-0.15, -0.1) is 0 Å². The van der Waals surface area contributed by atoms with Gasteiger partial charge in [-0.2, -0.15) is 4.31 Å². The van der Waals surface area contributed by atoms with Crippen LogP contribution in [0, 0.1) is 0 Å². The molecule has 2 heterocycles. The van der Waals surface area contributed by atoms with Crippen LogP contribution in [0.15, 0.2) is 77.7 Å². The minimum Gasteiger partial charge on any atom is -0.342 e. The number of para-hydroxylation sites is 1. The molecule has 2 amide bonds. The third kappa shape index (κ3) is 4.43. The lowest BCUT2D eigenvalue weighted by Gasteiger charge is -2.42. The summed E-state index contributed by atoms with van der Waals surface area (Å²) >= 11 is 0. The van der Waals surface area contributed by atoms with E-state index in [4.69, 9.17) is 0 Å². The van der Waals surface area contributed by atoms with Crippen LogP contribution in [-0.2, 0) is 19.6 Å². The van der Waals surface area contributed by atoms with E-state index in [9.17, 15) is 18.0 Å². The van der Waals surface area contributed by atoms with Crippen LogP contribution in [0.4, 0.5) is 5.69 Å². The lowest BCUT2D eigenvalue weighted by atomic mass is 9.86. The van der Waals surface area contributed by atoms with E-state index < -0.39 is 15.6 Å². The van der Waals surface area contributed by atoms with Crippen molar-refractivity contribution in [3.8, 4) is 0 Å². The number of amides is 2. The quantitative estimate of drug-likeness (QED) is 0.463. The monoisotopic (exact) mass is 534 g/mol. The normalized spacial score (nSPS) is 17.9. The first-order valence-corrected chi connectivity index (χ1v) is 14.6. The second-order valence-electron chi connectivity index (χ2n) is 9.89. The SMILES string of the molecule is CCN(CC)C(=O)CN1CN(c2ccccc2)C2(CCN(S(=O)(=O)c3cccc4ccccc34)CC2)C1=O. The number of fused-ring (bicyclic) bond motifs is 1. The van der Waals surface area contributed by atoms with Crippen molar-refractivity contribution in [2.75, 3.05) is 44.3 Å². The molecule has 0 aromatic heterocycles. The van der Waals surface area contributed by atoms with Crippen LogP contribution in [0.2, 0.25) is 0 Å². The standard InChI is InChI=1S/C29H34N4O4S/c1-3-30(4-2)27(34)21-31-22-33(24-13-6-5-7-14-24)29(28(31)35)17-19-32(20-18-29)38(36,37)26-16-10-12-23-11-8-9-15-25(23)26/h5-16H,3-4,17-22H2,1-2H3. The summed E-state index contributed by atoms with van der Waals surface area (Å²) in [6.45, 7) is 5.79. The van der Waals surface area contributed by atoms with Gasteiger partial charge in [-0.3, -0.25) is 9.59 Å². The first-order valence-electron chi connectivity index (χ1n) is 13.2. The highest BCUT2D eigenvalue weighted by molar-refractivity contribution is 7.89. The Morgan fingerprint density at radius 3 is 2.21 bits per heavy atom. The van der Waals surface area contributed by atoms with E-state index in [0.29, 0.717) is 38.0 Å². The summed E-state index contributed by atoms with van der Waals surface area (Å²) in [6.07, 6.45) is 0.696. The molecule has 0 atom stereocenters. The summed E-state index contributed by atoms with van der Waals surface area (Å²) in [7, 11) is -3.76. The summed E-state index contributed by atoms with van der Waals surface area (Å²) in [5, 5.41) is 1.57. The average Bonchev–Trinajstić information content (AvgIpc) is 3.20. The predicted octanol–water partition coefficient (Wildman–Crippen LogP) is 3.54. The van der Waals surface area contributed by atoms with Crippen LogP contribution in [-0.4, -0.2) is 79.3 Å².